The van der Waals surface area contributed by atoms with Gasteiger partial charge in [-0.3, -0.25) is 4.79 Å². The van der Waals surface area contributed by atoms with Crippen molar-refractivity contribution in [1.29, 1.82) is 0 Å². The van der Waals surface area contributed by atoms with Crippen LogP contribution in [0.2, 0.25) is 5.02 Å². The second-order valence-corrected chi connectivity index (χ2v) is 5.69. The van der Waals surface area contributed by atoms with Crippen LogP contribution in [0.15, 0.2) is 30.7 Å². The fourth-order valence-electron chi connectivity index (χ4n) is 2.59. The number of amides is 1. The quantitative estimate of drug-likeness (QED) is 0.862. The summed E-state index contributed by atoms with van der Waals surface area (Å²) in [6.45, 7) is 5.08. The van der Waals surface area contributed by atoms with Crippen molar-refractivity contribution in [3.63, 3.8) is 0 Å². The van der Waals surface area contributed by atoms with Crippen molar-refractivity contribution < 1.29 is 4.79 Å². The largest absolute Gasteiger partial charge is 0.352 e. The summed E-state index contributed by atoms with van der Waals surface area (Å²) < 4.78 is 1.87. The van der Waals surface area contributed by atoms with Crippen molar-refractivity contribution in [2.45, 2.75) is 13.5 Å². The molecule has 22 heavy (non-hydrogen) atoms. The summed E-state index contributed by atoms with van der Waals surface area (Å²) in [5.41, 5.74) is 0. The standard InChI is InChI=1S/C15H18ClN5O/c1-12-17-5-6-21(12)11-14(22)19-7-9-20(10-8-19)15-13(16)3-2-4-18-15/h2-6H,7-11H2,1H3. The molecule has 6 nitrogen and oxygen atoms in total. The average Bonchev–Trinajstić information content (AvgIpc) is 2.93. The number of hydrogen-bond acceptors (Lipinski definition) is 4. The van der Waals surface area contributed by atoms with Crippen LogP contribution < -0.4 is 4.90 Å². The lowest BCUT2D eigenvalue weighted by Crippen LogP contribution is -2.50. The highest BCUT2D eigenvalue weighted by Gasteiger charge is 2.23. The normalized spacial score (nSPS) is 15.2. The molecular weight excluding hydrogens is 302 g/mol. The average molecular weight is 320 g/mol. The molecule has 116 valence electrons. The second-order valence-electron chi connectivity index (χ2n) is 5.28. The Balaban J connectivity index is 1.59. The third-order valence-electron chi connectivity index (χ3n) is 3.90. The van der Waals surface area contributed by atoms with E-state index >= 15 is 0 Å². The van der Waals surface area contributed by atoms with Gasteiger partial charge in [-0.25, -0.2) is 9.97 Å². The van der Waals surface area contributed by atoms with Gasteiger partial charge < -0.3 is 14.4 Å². The van der Waals surface area contributed by atoms with Gasteiger partial charge in [-0.05, 0) is 19.1 Å². The number of nitrogens with zero attached hydrogens (tertiary/aromatic N) is 5. The van der Waals surface area contributed by atoms with Crippen molar-refractivity contribution in [2.24, 2.45) is 0 Å². The van der Waals surface area contributed by atoms with Crippen LogP contribution in [-0.4, -0.2) is 51.5 Å². The number of hydrogen-bond donors (Lipinski definition) is 0. The van der Waals surface area contributed by atoms with Gasteiger partial charge in [-0.1, -0.05) is 11.6 Å². The van der Waals surface area contributed by atoms with Crippen molar-refractivity contribution in [1.82, 2.24) is 19.4 Å². The first-order chi connectivity index (χ1) is 10.6. The van der Waals surface area contributed by atoms with Crippen LogP contribution in [0.25, 0.3) is 0 Å². The lowest BCUT2D eigenvalue weighted by atomic mass is 10.3. The fraction of sp³-hybridized carbons (Fsp3) is 0.400. The zero-order valence-corrected chi connectivity index (χ0v) is 13.2. The van der Waals surface area contributed by atoms with Crippen molar-refractivity contribution in [3.05, 3.63) is 41.6 Å². The summed E-state index contributed by atoms with van der Waals surface area (Å²) in [6, 6.07) is 3.66. The van der Waals surface area contributed by atoms with Crippen molar-refractivity contribution in [2.75, 3.05) is 31.1 Å². The summed E-state index contributed by atoms with van der Waals surface area (Å²) in [4.78, 5) is 24.8. The number of carbonyl (C=O) groups is 1. The molecule has 1 aliphatic rings. The van der Waals surface area contributed by atoms with E-state index in [4.69, 9.17) is 11.6 Å². The summed E-state index contributed by atoms with van der Waals surface area (Å²) >= 11 is 6.17. The number of aromatic nitrogens is 3. The molecule has 3 heterocycles. The maximum atomic E-state index is 12.3. The van der Waals surface area contributed by atoms with Crippen molar-refractivity contribution in [3.8, 4) is 0 Å². The van der Waals surface area contributed by atoms with Crippen LogP contribution in [0.4, 0.5) is 5.82 Å². The number of rotatable bonds is 3. The van der Waals surface area contributed by atoms with E-state index in [9.17, 15) is 4.79 Å². The molecule has 0 N–H and O–H groups in total. The Morgan fingerprint density at radius 3 is 2.64 bits per heavy atom. The van der Waals surface area contributed by atoms with Crippen LogP contribution in [-0.2, 0) is 11.3 Å². The number of piperazine rings is 1. The minimum absolute atomic E-state index is 0.118. The third-order valence-corrected chi connectivity index (χ3v) is 4.20. The van der Waals surface area contributed by atoms with Gasteiger partial charge in [0.05, 0.1) is 5.02 Å². The van der Waals surface area contributed by atoms with E-state index in [0.717, 1.165) is 24.7 Å². The first-order valence-corrected chi connectivity index (χ1v) is 7.64. The minimum Gasteiger partial charge on any atom is -0.352 e. The third kappa shape index (κ3) is 3.06. The van der Waals surface area contributed by atoms with Crippen LogP contribution in [0.5, 0.6) is 0 Å². The molecule has 1 saturated heterocycles. The number of imidazole rings is 1. The van der Waals surface area contributed by atoms with E-state index in [-0.39, 0.29) is 5.91 Å². The zero-order valence-electron chi connectivity index (χ0n) is 12.4. The number of anilines is 1. The van der Waals surface area contributed by atoms with E-state index in [1.165, 1.54) is 0 Å². The Morgan fingerprint density at radius 1 is 1.23 bits per heavy atom. The Morgan fingerprint density at radius 2 is 2.00 bits per heavy atom. The highest BCUT2D eigenvalue weighted by Crippen LogP contribution is 2.23. The number of pyridine rings is 1. The molecule has 0 atom stereocenters. The number of halogens is 1. The fourth-order valence-corrected chi connectivity index (χ4v) is 2.84. The SMILES string of the molecule is Cc1nccn1CC(=O)N1CCN(c2ncccc2Cl)CC1. The second kappa shape index (κ2) is 6.36. The molecule has 2 aromatic heterocycles. The van der Waals surface area contributed by atoms with E-state index in [1.54, 1.807) is 12.4 Å². The molecular formula is C15H18ClN5O. The monoisotopic (exact) mass is 319 g/mol. The minimum atomic E-state index is 0.118. The molecule has 0 unspecified atom stereocenters. The molecule has 0 bridgehead atoms. The molecule has 7 heteroatoms. The van der Waals surface area contributed by atoms with Crippen LogP contribution in [0.1, 0.15) is 5.82 Å². The number of carbonyl (C=O) groups excluding carboxylic acids is 1. The first-order valence-electron chi connectivity index (χ1n) is 7.26. The van der Waals surface area contributed by atoms with Gasteiger partial charge in [0.15, 0.2) is 0 Å². The van der Waals surface area contributed by atoms with Gasteiger partial charge >= 0.3 is 0 Å². The molecule has 1 fully saturated rings. The predicted molar refractivity (Wildman–Crippen MR) is 85.0 cm³/mol. The van der Waals surface area contributed by atoms with Gasteiger partial charge in [0.25, 0.3) is 0 Å². The Bertz CT molecular complexity index is 663. The maximum Gasteiger partial charge on any atom is 0.242 e. The lowest BCUT2D eigenvalue weighted by molar-refractivity contribution is -0.132. The summed E-state index contributed by atoms with van der Waals surface area (Å²) in [5, 5.41) is 0.649. The van der Waals surface area contributed by atoms with Crippen molar-refractivity contribution >= 4 is 23.3 Å². The maximum absolute atomic E-state index is 12.3. The predicted octanol–water partition coefficient (Wildman–Crippen LogP) is 1.59. The molecule has 2 aromatic rings. The molecule has 1 amide bonds. The number of aryl methyl sites for hydroxylation is 1. The van der Waals surface area contributed by atoms with Gasteiger partial charge in [0.2, 0.25) is 5.91 Å². The van der Waals surface area contributed by atoms with Crippen LogP contribution in [0, 0.1) is 6.92 Å². The Labute approximate surface area is 134 Å². The molecule has 0 spiro atoms. The molecule has 0 aromatic carbocycles. The molecule has 3 rings (SSSR count). The van der Waals surface area contributed by atoms with E-state index in [1.807, 2.05) is 34.7 Å². The van der Waals surface area contributed by atoms with E-state index in [0.29, 0.717) is 24.7 Å². The Hall–Kier alpha value is -2.08. The topological polar surface area (TPSA) is 54.3 Å². The van der Waals surface area contributed by atoms with Gasteiger partial charge in [0.1, 0.15) is 18.2 Å². The zero-order chi connectivity index (χ0) is 15.5. The highest BCUT2D eigenvalue weighted by molar-refractivity contribution is 6.32. The smallest absolute Gasteiger partial charge is 0.242 e. The molecule has 0 radical (unpaired) electrons. The molecule has 1 aliphatic heterocycles. The van der Waals surface area contributed by atoms with Gasteiger partial charge in [-0.15, -0.1) is 0 Å². The van der Waals surface area contributed by atoms with Gasteiger partial charge in [-0.2, -0.15) is 0 Å². The highest BCUT2D eigenvalue weighted by atomic mass is 35.5. The van der Waals surface area contributed by atoms with E-state index in [2.05, 4.69) is 14.9 Å². The summed E-state index contributed by atoms with van der Waals surface area (Å²) in [5.74, 6) is 1.77. The first kappa shape index (κ1) is 14.8. The lowest BCUT2D eigenvalue weighted by Gasteiger charge is -2.35. The van der Waals surface area contributed by atoms with Crippen LogP contribution in [0.3, 0.4) is 0 Å². The van der Waals surface area contributed by atoms with Crippen LogP contribution >= 0.6 is 11.6 Å². The van der Waals surface area contributed by atoms with Gasteiger partial charge in [0, 0.05) is 44.8 Å². The molecule has 0 saturated carbocycles. The Kier molecular flexibility index (Phi) is 4.29. The summed E-state index contributed by atoms with van der Waals surface area (Å²) in [7, 11) is 0. The summed E-state index contributed by atoms with van der Waals surface area (Å²) in [6.07, 6.45) is 5.28. The molecule has 0 aliphatic carbocycles. The van der Waals surface area contributed by atoms with E-state index < -0.39 is 0 Å².